The van der Waals surface area contributed by atoms with Crippen LogP contribution in [0, 0.1) is 4.77 Å². The third-order valence-corrected chi connectivity index (χ3v) is 4.15. The number of rotatable bonds is 3. The molecule has 0 unspecified atom stereocenters. The highest BCUT2D eigenvalue weighted by Gasteiger charge is 2.55. The first kappa shape index (κ1) is 15.8. The molecule has 1 aromatic rings. The maximum absolute atomic E-state index is 11.7. The van der Waals surface area contributed by atoms with E-state index in [0.717, 1.165) is 0 Å². The second-order valence-electron chi connectivity index (χ2n) is 5.84. The summed E-state index contributed by atoms with van der Waals surface area (Å²) in [6.45, 7) is 3.48. The predicted molar refractivity (Wildman–Crippen MR) is 78.6 cm³/mol. The highest BCUT2D eigenvalue weighted by atomic mass is 32.1. The molecular formula is C13H19N3O5S. The number of H-pyrrole nitrogens is 1. The molecule has 4 N–H and O–H groups in total. The zero-order valence-electron chi connectivity index (χ0n) is 12.3. The van der Waals surface area contributed by atoms with Crippen molar-refractivity contribution in [2.24, 2.45) is 5.73 Å². The van der Waals surface area contributed by atoms with Gasteiger partial charge in [0.25, 0.3) is 5.56 Å². The fourth-order valence-corrected chi connectivity index (χ4v) is 3.14. The fourth-order valence-electron chi connectivity index (χ4n) is 2.89. The summed E-state index contributed by atoms with van der Waals surface area (Å²) in [5.74, 6) is -0.772. The van der Waals surface area contributed by atoms with Crippen molar-refractivity contribution < 1.29 is 19.3 Å². The monoisotopic (exact) mass is 329 g/mol. The molecule has 0 bridgehead atoms. The number of aromatic nitrogens is 2. The first-order valence-corrected chi connectivity index (χ1v) is 7.43. The third-order valence-electron chi connectivity index (χ3n) is 3.84. The Hall–Kier alpha value is -1.10. The van der Waals surface area contributed by atoms with E-state index >= 15 is 0 Å². The fraction of sp³-hybridized carbons (Fsp3) is 0.692. The quantitative estimate of drug-likeness (QED) is 0.657. The van der Waals surface area contributed by atoms with E-state index in [2.05, 4.69) is 4.98 Å². The van der Waals surface area contributed by atoms with E-state index < -0.39 is 30.3 Å². The lowest BCUT2D eigenvalue weighted by Crippen LogP contribution is -2.31. The molecule has 9 heteroatoms. The molecule has 0 radical (unpaired) electrons. The Labute approximate surface area is 131 Å². The molecule has 2 fully saturated rings. The van der Waals surface area contributed by atoms with E-state index in [4.69, 9.17) is 32.2 Å². The molecule has 0 spiro atoms. The lowest BCUT2D eigenvalue weighted by atomic mass is 10.1. The predicted octanol–water partition coefficient (Wildman–Crippen LogP) is -0.226. The minimum absolute atomic E-state index is 0.0814. The highest BCUT2D eigenvalue weighted by molar-refractivity contribution is 7.71. The Morgan fingerprint density at radius 3 is 2.77 bits per heavy atom. The molecule has 1 aromatic heterocycles. The van der Waals surface area contributed by atoms with Gasteiger partial charge in [0.2, 0.25) is 0 Å². The maximum atomic E-state index is 11.7. The number of nitrogens with zero attached hydrogens (tertiary/aromatic N) is 1. The first-order chi connectivity index (χ1) is 10.4. The van der Waals surface area contributed by atoms with E-state index in [1.807, 2.05) is 0 Å². The molecule has 2 aliphatic rings. The Morgan fingerprint density at radius 2 is 2.14 bits per heavy atom. The Morgan fingerprint density at radius 1 is 1.45 bits per heavy atom. The van der Waals surface area contributed by atoms with Gasteiger partial charge in [-0.15, -0.1) is 0 Å². The van der Waals surface area contributed by atoms with E-state index in [0.29, 0.717) is 5.56 Å². The van der Waals surface area contributed by atoms with Crippen LogP contribution in [-0.2, 0) is 20.8 Å². The second kappa shape index (κ2) is 5.52. The zero-order chi connectivity index (χ0) is 16.1. The largest absolute Gasteiger partial charge is 0.394 e. The summed E-state index contributed by atoms with van der Waals surface area (Å²) in [5.41, 5.74) is 5.64. The molecule has 22 heavy (non-hydrogen) atoms. The topological polar surface area (TPSA) is 112 Å². The summed E-state index contributed by atoms with van der Waals surface area (Å²) >= 11 is 5.20. The van der Waals surface area contributed by atoms with Crippen LogP contribution in [0.5, 0.6) is 0 Å². The standard InChI is InChI=1S/C13H19N3O5S/c1-13(2)20-8-7(5-17)19-11(9(8)21-13)16-4-6(3-14)10(18)15-12(16)22/h4,7-9,11,17H,3,5,14H2,1-2H3,(H,15,18,22)/t7-,8-,9-,11-/m1/s1. The van der Waals surface area contributed by atoms with Gasteiger partial charge in [-0.25, -0.2) is 0 Å². The second-order valence-corrected chi connectivity index (χ2v) is 6.22. The van der Waals surface area contributed by atoms with E-state index in [1.54, 1.807) is 24.6 Å². The van der Waals surface area contributed by atoms with Crippen molar-refractivity contribution in [1.29, 1.82) is 0 Å². The molecule has 2 aliphatic heterocycles. The van der Waals surface area contributed by atoms with Crippen LogP contribution in [-0.4, -0.2) is 45.4 Å². The summed E-state index contributed by atoms with van der Waals surface area (Å²) in [7, 11) is 0. The van der Waals surface area contributed by atoms with E-state index in [9.17, 15) is 9.90 Å². The molecule has 122 valence electrons. The molecule has 4 atom stereocenters. The summed E-state index contributed by atoms with van der Waals surface area (Å²) in [6, 6.07) is 0. The van der Waals surface area contributed by atoms with Crippen LogP contribution >= 0.6 is 12.2 Å². The van der Waals surface area contributed by atoms with Gasteiger partial charge >= 0.3 is 0 Å². The number of hydrogen-bond acceptors (Lipinski definition) is 7. The van der Waals surface area contributed by atoms with Crippen molar-refractivity contribution >= 4 is 12.2 Å². The summed E-state index contributed by atoms with van der Waals surface area (Å²) in [6.07, 6.45) is -0.391. The number of fused-ring (bicyclic) bond motifs is 1. The zero-order valence-corrected chi connectivity index (χ0v) is 13.1. The third kappa shape index (κ3) is 2.53. The average Bonchev–Trinajstić information content (AvgIpc) is 2.92. The van der Waals surface area contributed by atoms with Gasteiger partial charge < -0.3 is 25.1 Å². The van der Waals surface area contributed by atoms with Crippen LogP contribution in [0.3, 0.4) is 0 Å². The van der Waals surface area contributed by atoms with Gasteiger partial charge in [0.05, 0.1) is 6.61 Å². The molecule has 2 saturated heterocycles. The molecule has 3 rings (SSSR count). The Kier molecular flexibility index (Phi) is 3.96. The van der Waals surface area contributed by atoms with E-state index in [-0.39, 0.29) is 23.5 Å². The van der Waals surface area contributed by atoms with Crippen molar-refractivity contribution in [2.75, 3.05) is 6.61 Å². The number of aliphatic hydroxyl groups is 1. The number of ether oxygens (including phenoxy) is 3. The first-order valence-electron chi connectivity index (χ1n) is 7.02. The number of hydrogen-bond donors (Lipinski definition) is 3. The minimum Gasteiger partial charge on any atom is -0.394 e. The molecule has 0 amide bonds. The van der Waals surface area contributed by atoms with Crippen LogP contribution in [0.25, 0.3) is 0 Å². The van der Waals surface area contributed by atoms with Crippen LogP contribution in [0.4, 0.5) is 0 Å². The molecule has 0 saturated carbocycles. The lowest BCUT2D eigenvalue weighted by Gasteiger charge is -2.25. The molecule has 8 nitrogen and oxygen atoms in total. The van der Waals surface area contributed by atoms with E-state index in [1.165, 1.54) is 0 Å². The number of nitrogens with two attached hydrogens (primary N) is 1. The van der Waals surface area contributed by atoms with Crippen molar-refractivity contribution in [3.8, 4) is 0 Å². The number of aromatic amines is 1. The smallest absolute Gasteiger partial charge is 0.256 e. The van der Waals surface area contributed by atoms with Gasteiger partial charge in [0.1, 0.15) is 18.3 Å². The molecule has 3 heterocycles. The molecule has 0 aliphatic carbocycles. The van der Waals surface area contributed by atoms with Gasteiger partial charge in [0.15, 0.2) is 16.8 Å². The van der Waals surface area contributed by atoms with Crippen molar-refractivity contribution in [3.05, 3.63) is 26.9 Å². The lowest BCUT2D eigenvalue weighted by molar-refractivity contribution is -0.200. The van der Waals surface area contributed by atoms with Crippen LogP contribution in [0.15, 0.2) is 11.0 Å². The van der Waals surface area contributed by atoms with Gasteiger partial charge in [0, 0.05) is 18.3 Å². The summed E-state index contributed by atoms with van der Waals surface area (Å²) in [4.78, 5) is 14.3. The average molecular weight is 329 g/mol. The molecular weight excluding hydrogens is 310 g/mol. The number of aliphatic hydroxyl groups excluding tert-OH is 1. The maximum Gasteiger partial charge on any atom is 0.256 e. The summed E-state index contributed by atoms with van der Waals surface area (Å²) < 4.78 is 19.3. The summed E-state index contributed by atoms with van der Waals surface area (Å²) in [5, 5.41) is 9.49. The van der Waals surface area contributed by atoms with Gasteiger partial charge in [-0.1, -0.05) is 0 Å². The normalized spacial score (nSPS) is 33.1. The van der Waals surface area contributed by atoms with Gasteiger partial charge in [-0.05, 0) is 26.1 Å². The van der Waals surface area contributed by atoms with Crippen LogP contribution in [0.1, 0.15) is 25.6 Å². The van der Waals surface area contributed by atoms with Gasteiger partial charge in [-0.2, -0.15) is 0 Å². The Balaban J connectivity index is 2.02. The van der Waals surface area contributed by atoms with Crippen molar-refractivity contribution in [1.82, 2.24) is 9.55 Å². The molecule has 0 aromatic carbocycles. The van der Waals surface area contributed by atoms with Crippen LogP contribution < -0.4 is 11.3 Å². The van der Waals surface area contributed by atoms with Crippen molar-refractivity contribution in [3.63, 3.8) is 0 Å². The van der Waals surface area contributed by atoms with Crippen molar-refractivity contribution in [2.45, 2.75) is 50.7 Å². The SMILES string of the molecule is CC1(C)O[C@@H]2[C@H](O1)[C@@H](CO)O[C@H]2n1cc(CN)c(=O)[nH]c1=S. The minimum atomic E-state index is -0.772. The number of nitrogens with one attached hydrogen (secondary N) is 1. The van der Waals surface area contributed by atoms with Gasteiger partial charge in [-0.3, -0.25) is 14.3 Å². The van der Waals surface area contributed by atoms with Crippen LogP contribution in [0.2, 0.25) is 0 Å². The highest BCUT2D eigenvalue weighted by Crippen LogP contribution is 2.42. The Bertz CT molecular complexity index is 685.